The van der Waals surface area contributed by atoms with Crippen molar-refractivity contribution < 1.29 is 17.9 Å². The summed E-state index contributed by atoms with van der Waals surface area (Å²) in [6.45, 7) is 0. The van der Waals surface area contributed by atoms with Crippen LogP contribution in [0.5, 0.6) is 0 Å². The molecular formula is C8H10O4S2. The van der Waals surface area contributed by atoms with E-state index in [1.54, 1.807) is 12.1 Å². The molecule has 0 aliphatic carbocycles. The summed E-state index contributed by atoms with van der Waals surface area (Å²) in [6, 6.07) is 3.19. The lowest BCUT2D eigenvalue weighted by Crippen LogP contribution is -1.98. The predicted octanol–water partition coefficient (Wildman–Crippen LogP) is 1.08. The first-order valence-corrected chi connectivity index (χ1v) is 6.65. The van der Waals surface area contributed by atoms with Gasteiger partial charge < -0.3 is 4.74 Å². The molecule has 0 N–H and O–H groups in total. The maximum Gasteiger partial charge on any atom is 0.348 e. The van der Waals surface area contributed by atoms with Crippen molar-refractivity contribution >= 4 is 27.1 Å². The van der Waals surface area contributed by atoms with Gasteiger partial charge in [-0.25, -0.2) is 13.2 Å². The summed E-state index contributed by atoms with van der Waals surface area (Å²) < 4.78 is 26.4. The van der Waals surface area contributed by atoms with Gasteiger partial charge in [0.25, 0.3) is 0 Å². The molecule has 1 aromatic rings. The van der Waals surface area contributed by atoms with E-state index in [2.05, 4.69) is 4.74 Å². The van der Waals surface area contributed by atoms with Gasteiger partial charge in [-0.2, -0.15) is 0 Å². The number of hydrogen-bond acceptors (Lipinski definition) is 5. The normalized spacial score (nSPS) is 11.3. The maximum atomic E-state index is 11.0. The van der Waals surface area contributed by atoms with Crippen LogP contribution in [0.4, 0.5) is 0 Å². The Hall–Kier alpha value is -0.880. The summed E-state index contributed by atoms with van der Waals surface area (Å²) in [4.78, 5) is 12.1. The number of methoxy groups -OCH3 is 1. The van der Waals surface area contributed by atoms with Crippen LogP contribution in [0.15, 0.2) is 12.1 Å². The molecule has 0 amide bonds. The van der Waals surface area contributed by atoms with Crippen molar-refractivity contribution in [2.45, 2.75) is 5.75 Å². The third-order valence-corrected chi connectivity index (χ3v) is 3.54. The molecule has 0 saturated heterocycles. The van der Waals surface area contributed by atoms with Gasteiger partial charge in [0.05, 0.1) is 12.9 Å². The lowest BCUT2D eigenvalue weighted by atomic mass is 10.4. The van der Waals surface area contributed by atoms with E-state index in [4.69, 9.17) is 0 Å². The van der Waals surface area contributed by atoms with Crippen LogP contribution in [-0.4, -0.2) is 27.8 Å². The van der Waals surface area contributed by atoms with Crippen LogP contribution in [0.1, 0.15) is 14.5 Å². The van der Waals surface area contributed by atoms with Gasteiger partial charge in [0, 0.05) is 11.1 Å². The van der Waals surface area contributed by atoms with Crippen molar-refractivity contribution in [2.75, 3.05) is 13.4 Å². The van der Waals surface area contributed by atoms with Gasteiger partial charge in [-0.3, -0.25) is 0 Å². The van der Waals surface area contributed by atoms with E-state index in [1.807, 2.05) is 0 Å². The Kier molecular flexibility index (Phi) is 3.28. The van der Waals surface area contributed by atoms with Crippen LogP contribution in [0.3, 0.4) is 0 Å². The zero-order valence-corrected chi connectivity index (χ0v) is 9.44. The molecule has 0 aliphatic heterocycles. The van der Waals surface area contributed by atoms with Gasteiger partial charge in [-0.05, 0) is 12.1 Å². The van der Waals surface area contributed by atoms with Crippen molar-refractivity contribution in [3.05, 3.63) is 21.9 Å². The number of esters is 1. The minimum absolute atomic E-state index is 0.0331. The lowest BCUT2D eigenvalue weighted by Gasteiger charge is -1.93. The Morgan fingerprint density at radius 3 is 2.64 bits per heavy atom. The Morgan fingerprint density at radius 2 is 2.14 bits per heavy atom. The van der Waals surface area contributed by atoms with Gasteiger partial charge in [0.1, 0.15) is 4.88 Å². The zero-order valence-electron chi connectivity index (χ0n) is 7.81. The maximum absolute atomic E-state index is 11.0. The Labute approximate surface area is 86.4 Å². The van der Waals surface area contributed by atoms with Crippen LogP contribution in [-0.2, 0) is 20.3 Å². The fourth-order valence-electron chi connectivity index (χ4n) is 0.924. The van der Waals surface area contributed by atoms with Crippen LogP contribution in [0.25, 0.3) is 0 Å². The monoisotopic (exact) mass is 234 g/mol. The van der Waals surface area contributed by atoms with Crippen LogP contribution in [0, 0.1) is 0 Å². The fraction of sp³-hybridized carbons (Fsp3) is 0.375. The second kappa shape index (κ2) is 4.10. The number of hydrogen-bond donors (Lipinski definition) is 0. The third kappa shape index (κ3) is 3.12. The number of ether oxygens (including phenoxy) is 1. The molecule has 0 atom stereocenters. The summed E-state index contributed by atoms with van der Waals surface area (Å²) >= 11 is 1.14. The zero-order chi connectivity index (χ0) is 10.8. The minimum Gasteiger partial charge on any atom is -0.465 e. The number of sulfone groups is 1. The molecule has 14 heavy (non-hydrogen) atoms. The molecular weight excluding hydrogens is 224 g/mol. The third-order valence-electron chi connectivity index (χ3n) is 1.45. The second-order valence-electron chi connectivity index (χ2n) is 2.83. The Bertz CT molecular complexity index is 430. The van der Waals surface area contributed by atoms with E-state index in [0.717, 1.165) is 17.6 Å². The first kappa shape index (κ1) is 11.2. The molecule has 0 spiro atoms. The Morgan fingerprint density at radius 1 is 1.50 bits per heavy atom. The molecule has 78 valence electrons. The van der Waals surface area contributed by atoms with Crippen molar-refractivity contribution in [3.8, 4) is 0 Å². The van der Waals surface area contributed by atoms with Gasteiger partial charge in [-0.1, -0.05) is 0 Å². The van der Waals surface area contributed by atoms with Crippen molar-refractivity contribution in [1.82, 2.24) is 0 Å². The van der Waals surface area contributed by atoms with Crippen molar-refractivity contribution in [1.29, 1.82) is 0 Å². The average molecular weight is 234 g/mol. The van der Waals surface area contributed by atoms with Crippen molar-refractivity contribution in [3.63, 3.8) is 0 Å². The highest BCUT2D eigenvalue weighted by atomic mass is 32.2. The van der Waals surface area contributed by atoms with Crippen molar-refractivity contribution in [2.24, 2.45) is 0 Å². The van der Waals surface area contributed by atoms with E-state index in [-0.39, 0.29) is 5.75 Å². The van der Waals surface area contributed by atoms with Gasteiger partial charge in [-0.15, -0.1) is 11.3 Å². The summed E-state index contributed by atoms with van der Waals surface area (Å²) in [5.41, 5.74) is 0. The van der Waals surface area contributed by atoms with Crippen LogP contribution < -0.4 is 0 Å². The number of rotatable bonds is 3. The first-order valence-electron chi connectivity index (χ1n) is 3.77. The number of carbonyl (C=O) groups is 1. The molecule has 1 rings (SSSR count). The SMILES string of the molecule is COC(=O)c1ccc(CS(C)(=O)=O)s1. The standard InChI is InChI=1S/C8H10O4S2/c1-12-8(9)7-4-3-6(13-7)5-14(2,10)11/h3-4H,5H2,1-2H3. The largest absolute Gasteiger partial charge is 0.465 e. The highest BCUT2D eigenvalue weighted by Gasteiger charge is 2.11. The molecule has 0 fully saturated rings. The molecule has 0 radical (unpaired) electrons. The number of thiophene rings is 1. The lowest BCUT2D eigenvalue weighted by molar-refractivity contribution is 0.0606. The smallest absolute Gasteiger partial charge is 0.348 e. The molecule has 1 heterocycles. The summed E-state index contributed by atoms with van der Waals surface area (Å²) in [5.74, 6) is -0.468. The molecule has 4 nitrogen and oxygen atoms in total. The van der Waals surface area contributed by atoms with E-state index >= 15 is 0 Å². The van der Waals surface area contributed by atoms with Gasteiger partial charge >= 0.3 is 5.97 Å². The van der Waals surface area contributed by atoms with E-state index in [1.165, 1.54) is 7.11 Å². The fourth-order valence-corrected chi connectivity index (χ4v) is 3.14. The quantitative estimate of drug-likeness (QED) is 0.734. The molecule has 0 aliphatic rings. The van der Waals surface area contributed by atoms with E-state index in [9.17, 15) is 13.2 Å². The van der Waals surface area contributed by atoms with Gasteiger partial charge in [0.15, 0.2) is 9.84 Å². The molecule has 0 unspecified atom stereocenters. The highest BCUT2D eigenvalue weighted by molar-refractivity contribution is 7.90. The summed E-state index contributed by atoms with van der Waals surface area (Å²) in [7, 11) is -1.75. The molecule has 6 heteroatoms. The predicted molar refractivity (Wildman–Crippen MR) is 54.2 cm³/mol. The minimum atomic E-state index is -3.04. The molecule has 1 aromatic heterocycles. The number of carbonyl (C=O) groups excluding carboxylic acids is 1. The summed E-state index contributed by atoms with van der Waals surface area (Å²) in [6.07, 6.45) is 1.16. The highest BCUT2D eigenvalue weighted by Crippen LogP contribution is 2.19. The summed E-state index contributed by atoms with van der Waals surface area (Å²) in [5, 5.41) is 0. The van der Waals surface area contributed by atoms with Crippen LogP contribution in [0.2, 0.25) is 0 Å². The molecule has 0 saturated carbocycles. The van der Waals surface area contributed by atoms with E-state index in [0.29, 0.717) is 9.75 Å². The molecule has 0 bridgehead atoms. The van der Waals surface area contributed by atoms with Gasteiger partial charge in [0.2, 0.25) is 0 Å². The van der Waals surface area contributed by atoms with Crippen LogP contribution >= 0.6 is 11.3 Å². The topological polar surface area (TPSA) is 60.4 Å². The second-order valence-corrected chi connectivity index (χ2v) is 6.14. The average Bonchev–Trinajstić information content (AvgIpc) is 2.48. The first-order chi connectivity index (χ1) is 6.42. The van der Waals surface area contributed by atoms with E-state index < -0.39 is 15.8 Å². The Balaban J connectivity index is 2.84. The molecule has 0 aromatic carbocycles.